The van der Waals surface area contributed by atoms with Gasteiger partial charge in [0.05, 0.1) is 31.5 Å². The minimum atomic E-state index is -1.24. The summed E-state index contributed by atoms with van der Waals surface area (Å²) in [5.74, 6) is -0.503. The van der Waals surface area contributed by atoms with Crippen molar-refractivity contribution in [2.45, 2.75) is 12.6 Å². The molecule has 0 fully saturated rings. The Morgan fingerprint density at radius 3 is 2.42 bits per heavy atom. The Labute approximate surface area is 240 Å². The second kappa shape index (κ2) is 12.1. The lowest BCUT2D eigenvalue weighted by atomic mass is 10.00. The van der Waals surface area contributed by atoms with Gasteiger partial charge in [0, 0.05) is 21.2 Å². The van der Waals surface area contributed by atoms with E-state index < -0.39 is 12.1 Å². The first kappa shape index (κ1) is 27.0. The van der Waals surface area contributed by atoms with E-state index in [0.717, 1.165) is 11.1 Å². The summed E-state index contributed by atoms with van der Waals surface area (Å²) in [7, 11) is 1.56. The van der Waals surface area contributed by atoms with E-state index in [1.807, 2.05) is 60.7 Å². The van der Waals surface area contributed by atoms with Gasteiger partial charge in [0.15, 0.2) is 5.78 Å². The number of hydrogen-bond donors (Lipinski definition) is 1. The first-order valence-corrected chi connectivity index (χ1v) is 13.5. The molecule has 0 aromatic heterocycles. The number of aliphatic imine (C=N–C) groups is 1. The molecule has 2 amide bonds. The lowest BCUT2D eigenvalue weighted by Gasteiger charge is -2.25. The highest BCUT2D eigenvalue weighted by Gasteiger charge is 2.34. The molecular formula is C32H26BrN3O4. The molecule has 8 heteroatoms. The maximum Gasteiger partial charge on any atom is 0.272 e. The molecule has 1 atom stereocenters. The standard InChI is InChI=1S/C32H26BrN3O4/c1-40-23-13-9-10-21(18-23)19-29(38)34-31-32(39)36(20-28(37)24-14-5-7-16-26(24)33)27-17-8-6-15-25(27)30(35-31)22-11-3-2-4-12-22/h2-18,31H,19-20H2,1H3,(H,34,38)/t31-/m1/s1. The molecule has 0 radical (unpaired) electrons. The fourth-order valence-corrected chi connectivity index (χ4v) is 5.11. The number of halogens is 1. The van der Waals surface area contributed by atoms with Crippen LogP contribution in [-0.2, 0) is 16.0 Å². The lowest BCUT2D eigenvalue weighted by Crippen LogP contribution is -2.49. The molecule has 1 heterocycles. The largest absolute Gasteiger partial charge is 0.497 e. The highest BCUT2D eigenvalue weighted by molar-refractivity contribution is 9.10. The monoisotopic (exact) mass is 595 g/mol. The topological polar surface area (TPSA) is 88.1 Å². The number of benzodiazepines with no additional fused rings is 1. The van der Waals surface area contributed by atoms with Crippen LogP contribution in [0.1, 0.15) is 27.0 Å². The van der Waals surface area contributed by atoms with Crippen molar-refractivity contribution in [3.05, 3.63) is 130 Å². The van der Waals surface area contributed by atoms with Gasteiger partial charge in [0.25, 0.3) is 5.91 Å². The summed E-state index contributed by atoms with van der Waals surface area (Å²) in [5, 5.41) is 2.80. The van der Waals surface area contributed by atoms with Crippen LogP contribution in [0.4, 0.5) is 5.69 Å². The van der Waals surface area contributed by atoms with Gasteiger partial charge >= 0.3 is 0 Å². The molecule has 7 nitrogen and oxygen atoms in total. The maximum absolute atomic E-state index is 14.0. The van der Waals surface area contributed by atoms with Crippen LogP contribution in [0.25, 0.3) is 0 Å². The van der Waals surface area contributed by atoms with Crippen molar-refractivity contribution < 1.29 is 19.1 Å². The molecule has 1 aliphatic rings. The number of nitrogens with zero attached hydrogens (tertiary/aromatic N) is 2. The smallest absolute Gasteiger partial charge is 0.272 e. The van der Waals surface area contributed by atoms with Crippen molar-refractivity contribution >= 4 is 44.9 Å². The Kier molecular flexibility index (Phi) is 8.17. The second-order valence-corrected chi connectivity index (χ2v) is 10.0. The summed E-state index contributed by atoms with van der Waals surface area (Å²) < 4.78 is 5.90. The molecule has 200 valence electrons. The van der Waals surface area contributed by atoms with Gasteiger partial charge in [-0.2, -0.15) is 0 Å². The summed E-state index contributed by atoms with van der Waals surface area (Å²) >= 11 is 3.44. The van der Waals surface area contributed by atoms with Crippen LogP contribution in [0.5, 0.6) is 5.75 Å². The molecule has 40 heavy (non-hydrogen) atoms. The van der Waals surface area contributed by atoms with E-state index in [2.05, 4.69) is 21.2 Å². The SMILES string of the molecule is COc1cccc(CC(=O)N[C@@H]2N=C(c3ccccc3)c3ccccc3N(CC(=O)c3ccccc3Br)C2=O)c1. The van der Waals surface area contributed by atoms with Crippen molar-refractivity contribution in [3.8, 4) is 5.75 Å². The van der Waals surface area contributed by atoms with Gasteiger partial charge in [-0.25, -0.2) is 4.99 Å². The Balaban J connectivity index is 1.53. The van der Waals surface area contributed by atoms with Gasteiger partial charge in [-0.1, -0.05) is 94.8 Å². The van der Waals surface area contributed by atoms with Crippen molar-refractivity contribution in [2.24, 2.45) is 4.99 Å². The predicted molar refractivity (Wildman–Crippen MR) is 158 cm³/mol. The summed E-state index contributed by atoms with van der Waals surface area (Å²) in [5.41, 5.74) is 3.75. The second-order valence-electron chi connectivity index (χ2n) is 9.19. The van der Waals surface area contributed by atoms with Gasteiger partial charge < -0.3 is 15.0 Å². The third-order valence-electron chi connectivity index (χ3n) is 6.53. The van der Waals surface area contributed by atoms with Crippen LogP contribution in [-0.4, -0.2) is 43.1 Å². The Morgan fingerprint density at radius 2 is 1.65 bits per heavy atom. The number of para-hydroxylation sites is 1. The van der Waals surface area contributed by atoms with E-state index in [0.29, 0.717) is 32.7 Å². The van der Waals surface area contributed by atoms with Crippen molar-refractivity contribution in [3.63, 3.8) is 0 Å². The molecule has 1 N–H and O–H groups in total. The number of methoxy groups -OCH3 is 1. The summed E-state index contributed by atoms with van der Waals surface area (Å²) in [6, 6.07) is 31.1. The molecular weight excluding hydrogens is 570 g/mol. The molecule has 0 aliphatic carbocycles. The van der Waals surface area contributed by atoms with Crippen LogP contribution < -0.4 is 15.0 Å². The summed E-state index contributed by atoms with van der Waals surface area (Å²) in [6.45, 7) is -0.224. The van der Waals surface area contributed by atoms with E-state index in [-0.39, 0.29) is 24.7 Å². The van der Waals surface area contributed by atoms with Crippen molar-refractivity contribution in [2.75, 3.05) is 18.6 Å². The highest BCUT2D eigenvalue weighted by atomic mass is 79.9. The number of amides is 2. The predicted octanol–water partition coefficient (Wildman–Crippen LogP) is 5.21. The third-order valence-corrected chi connectivity index (χ3v) is 7.22. The van der Waals surface area contributed by atoms with Gasteiger partial charge in [-0.05, 0) is 29.8 Å². The molecule has 5 rings (SSSR count). The average Bonchev–Trinajstić information content (AvgIpc) is 3.08. The first-order chi connectivity index (χ1) is 19.4. The Hall–Kier alpha value is -4.56. The third kappa shape index (κ3) is 5.87. The van der Waals surface area contributed by atoms with Crippen molar-refractivity contribution in [1.82, 2.24) is 5.32 Å². The van der Waals surface area contributed by atoms with Gasteiger partial charge in [0.1, 0.15) is 5.75 Å². The summed E-state index contributed by atoms with van der Waals surface area (Å²) in [6.07, 6.45) is -1.22. The lowest BCUT2D eigenvalue weighted by molar-refractivity contribution is -0.127. The number of benzene rings is 4. The zero-order valence-corrected chi connectivity index (χ0v) is 23.3. The maximum atomic E-state index is 14.0. The number of Topliss-reactive ketones (excluding diaryl/α,β-unsaturated/α-hetero) is 1. The number of anilines is 1. The zero-order chi connectivity index (χ0) is 28.1. The highest BCUT2D eigenvalue weighted by Crippen LogP contribution is 2.29. The van der Waals surface area contributed by atoms with Crippen LogP contribution in [0, 0.1) is 0 Å². The Morgan fingerprint density at radius 1 is 0.925 bits per heavy atom. The molecule has 4 aromatic carbocycles. The van der Waals surface area contributed by atoms with Gasteiger partial charge in [0.2, 0.25) is 12.1 Å². The van der Waals surface area contributed by atoms with Gasteiger partial charge in [-0.15, -0.1) is 0 Å². The van der Waals surface area contributed by atoms with E-state index >= 15 is 0 Å². The van der Waals surface area contributed by atoms with E-state index in [4.69, 9.17) is 9.73 Å². The van der Waals surface area contributed by atoms with E-state index in [1.165, 1.54) is 4.90 Å². The van der Waals surface area contributed by atoms with Crippen LogP contribution in [0.2, 0.25) is 0 Å². The van der Waals surface area contributed by atoms with Crippen LogP contribution >= 0.6 is 15.9 Å². The summed E-state index contributed by atoms with van der Waals surface area (Å²) in [4.78, 5) is 46.8. The first-order valence-electron chi connectivity index (χ1n) is 12.7. The number of fused-ring (bicyclic) bond motifs is 1. The molecule has 1 aliphatic heterocycles. The molecule has 4 aromatic rings. The van der Waals surface area contributed by atoms with Crippen LogP contribution in [0.3, 0.4) is 0 Å². The molecule has 0 unspecified atom stereocenters. The fourth-order valence-electron chi connectivity index (χ4n) is 4.60. The molecule has 0 saturated carbocycles. The number of ether oxygens (including phenoxy) is 1. The number of carbonyl (C=O) groups is 3. The number of carbonyl (C=O) groups excluding carboxylic acids is 3. The minimum absolute atomic E-state index is 0.0278. The number of rotatable bonds is 8. The van der Waals surface area contributed by atoms with Crippen molar-refractivity contribution in [1.29, 1.82) is 0 Å². The Bertz CT molecular complexity index is 1600. The number of ketones is 1. The van der Waals surface area contributed by atoms with E-state index in [9.17, 15) is 14.4 Å². The number of nitrogens with one attached hydrogen (secondary N) is 1. The number of hydrogen-bond acceptors (Lipinski definition) is 5. The average molecular weight is 596 g/mol. The quantitative estimate of drug-likeness (QED) is 0.283. The van der Waals surface area contributed by atoms with Crippen LogP contribution in [0.15, 0.2) is 113 Å². The minimum Gasteiger partial charge on any atom is -0.497 e. The fraction of sp³-hybridized carbons (Fsp3) is 0.125. The normalized spacial score (nSPS) is 14.6. The molecule has 0 bridgehead atoms. The van der Waals surface area contributed by atoms with Gasteiger partial charge in [-0.3, -0.25) is 14.4 Å². The van der Waals surface area contributed by atoms with E-state index in [1.54, 1.807) is 49.6 Å². The molecule has 0 saturated heterocycles. The molecule has 0 spiro atoms. The zero-order valence-electron chi connectivity index (χ0n) is 21.7.